The topological polar surface area (TPSA) is 122 Å². The van der Waals surface area contributed by atoms with E-state index < -0.39 is 20.9 Å². The highest BCUT2D eigenvalue weighted by molar-refractivity contribution is 6.60. The molecule has 0 bridgehead atoms. The molecule has 41 heavy (non-hydrogen) atoms. The van der Waals surface area contributed by atoms with Crippen molar-refractivity contribution in [1.29, 1.82) is 0 Å². The van der Waals surface area contributed by atoms with Crippen molar-refractivity contribution in [1.82, 2.24) is 5.32 Å². The molecular formula is C30H51NO9Si. The van der Waals surface area contributed by atoms with Crippen LogP contribution >= 0.6 is 0 Å². The fraction of sp³-hybridized carbons (Fsp3) is 0.667. The number of rotatable bonds is 25. The van der Waals surface area contributed by atoms with Gasteiger partial charge >= 0.3 is 20.9 Å². The smallest absolute Gasteiger partial charge is 0.490 e. The zero-order chi connectivity index (χ0) is 30.2. The van der Waals surface area contributed by atoms with E-state index in [0.29, 0.717) is 70.1 Å². The van der Waals surface area contributed by atoms with Crippen LogP contribution in [0, 0.1) is 0 Å². The maximum atomic E-state index is 12.0. The van der Waals surface area contributed by atoms with E-state index in [9.17, 15) is 9.59 Å². The lowest BCUT2D eigenvalue weighted by atomic mass is 10.2. The molecule has 1 aromatic carbocycles. The van der Waals surface area contributed by atoms with E-state index in [1.54, 1.807) is 6.07 Å². The number of nitrogens with one attached hydrogen (secondary N) is 1. The third-order valence-corrected chi connectivity index (χ3v) is 9.09. The van der Waals surface area contributed by atoms with Crippen molar-refractivity contribution in [2.45, 2.75) is 85.1 Å². The average Bonchev–Trinajstić information content (AvgIpc) is 2.95. The second-order valence-corrected chi connectivity index (χ2v) is 12.1. The molecule has 0 aliphatic carbocycles. The molecule has 11 heteroatoms. The van der Waals surface area contributed by atoms with Gasteiger partial charge in [0.1, 0.15) is 0 Å². The summed E-state index contributed by atoms with van der Waals surface area (Å²) < 4.78 is 34.7. The minimum Gasteiger partial charge on any atom is -0.490 e. The van der Waals surface area contributed by atoms with Crippen LogP contribution in [0.3, 0.4) is 0 Å². The van der Waals surface area contributed by atoms with Crippen LogP contribution < -0.4 is 14.8 Å². The van der Waals surface area contributed by atoms with Crippen molar-refractivity contribution in [3.8, 4) is 11.5 Å². The largest absolute Gasteiger partial charge is 0.500 e. The van der Waals surface area contributed by atoms with Gasteiger partial charge in [0.25, 0.3) is 0 Å². The first-order valence-corrected chi connectivity index (χ1v) is 17.0. The number of carboxylic acid groups (broad SMARTS) is 1. The van der Waals surface area contributed by atoms with Crippen LogP contribution in [0.25, 0.3) is 6.08 Å². The monoisotopic (exact) mass is 597 g/mol. The standard InChI is InChI=1S/C30H51NO9Si/c1-5-9-12-21-36-28-25-26(17-19-29(32)33)16-18-27(28)35-22-13-10-11-14-23-37-30(34)31-20-15-24-41(38-6-2,39-7-3)40-8-4/h16-19,25H,5-15,20-24H2,1-4H3,(H,31,34)(H,32,33). The van der Waals surface area contributed by atoms with E-state index in [-0.39, 0.29) is 0 Å². The number of carboxylic acids is 1. The Bertz CT molecular complexity index is 864. The summed E-state index contributed by atoms with van der Waals surface area (Å²) in [4.78, 5) is 22.8. The molecule has 0 aliphatic heterocycles. The number of amides is 1. The molecule has 1 rings (SSSR count). The molecular weight excluding hydrogens is 546 g/mol. The molecule has 0 saturated carbocycles. The quantitative estimate of drug-likeness (QED) is 0.0743. The Morgan fingerprint density at radius 2 is 1.41 bits per heavy atom. The zero-order valence-electron chi connectivity index (χ0n) is 25.4. The van der Waals surface area contributed by atoms with Gasteiger partial charge in [0.2, 0.25) is 0 Å². The first kappa shape index (κ1) is 36.4. The summed E-state index contributed by atoms with van der Waals surface area (Å²) >= 11 is 0. The van der Waals surface area contributed by atoms with Gasteiger partial charge in [0.05, 0.1) is 19.8 Å². The third-order valence-electron chi connectivity index (χ3n) is 5.94. The SMILES string of the molecule is CCCCCOc1cc(C=CC(=O)O)ccc1OCCCCCCOC(=O)NCCC[Si](OCC)(OCC)OCC. The highest BCUT2D eigenvalue weighted by atomic mass is 28.4. The normalized spacial score (nSPS) is 11.5. The van der Waals surface area contributed by atoms with Crippen LogP contribution in [0.5, 0.6) is 11.5 Å². The lowest BCUT2D eigenvalue weighted by Crippen LogP contribution is -2.46. The summed E-state index contributed by atoms with van der Waals surface area (Å²) in [5, 5.41) is 11.7. The number of alkyl carbamates (subject to hydrolysis) is 1. The van der Waals surface area contributed by atoms with E-state index in [4.69, 9.17) is 32.6 Å². The Morgan fingerprint density at radius 1 is 0.805 bits per heavy atom. The molecule has 1 amide bonds. The number of aliphatic carboxylic acids is 1. The molecule has 2 N–H and O–H groups in total. The maximum absolute atomic E-state index is 12.0. The molecule has 10 nitrogen and oxygen atoms in total. The van der Waals surface area contributed by atoms with Crippen molar-refractivity contribution in [2.24, 2.45) is 0 Å². The van der Waals surface area contributed by atoms with Crippen molar-refractivity contribution < 1.29 is 42.2 Å². The first-order chi connectivity index (χ1) is 19.9. The minimum atomic E-state index is -2.69. The van der Waals surface area contributed by atoms with Gasteiger partial charge in [-0.1, -0.05) is 25.8 Å². The summed E-state index contributed by atoms with van der Waals surface area (Å²) in [6, 6.07) is 6.07. The molecule has 0 aliphatic rings. The van der Waals surface area contributed by atoms with Crippen LogP contribution in [0.4, 0.5) is 4.79 Å². The predicted molar refractivity (Wildman–Crippen MR) is 162 cm³/mol. The van der Waals surface area contributed by atoms with Crippen LogP contribution in [0.1, 0.15) is 84.6 Å². The van der Waals surface area contributed by atoms with E-state index in [2.05, 4.69) is 12.2 Å². The van der Waals surface area contributed by atoms with Gasteiger partial charge in [-0.25, -0.2) is 9.59 Å². The van der Waals surface area contributed by atoms with Gasteiger partial charge in [-0.2, -0.15) is 0 Å². The number of hydrogen-bond donors (Lipinski definition) is 2. The van der Waals surface area contributed by atoms with Gasteiger partial charge in [-0.05, 0) is 83.1 Å². The fourth-order valence-electron chi connectivity index (χ4n) is 4.01. The number of carbonyl (C=O) groups excluding carboxylic acids is 1. The summed E-state index contributed by atoms with van der Waals surface area (Å²) in [5.41, 5.74) is 0.741. The number of unbranched alkanes of at least 4 members (excludes halogenated alkanes) is 5. The highest BCUT2D eigenvalue weighted by Gasteiger charge is 2.39. The van der Waals surface area contributed by atoms with Gasteiger partial charge in [-0.15, -0.1) is 0 Å². The number of benzene rings is 1. The van der Waals surface area contributed by atoms with E-state index in [0.717, 1.165) is 56.6 Å². The van der Waals surface area contributed by atoms with Crippen molar-refractivity contribution in [3.05, 3.63) is 29.8 Å². The molecule has 0 saturated heterocycles. The molecule has 0 spiro atoms. The van der Waals surface area contributed by atoms with Gasteiger partial charge in [0.15, 0.2) is 11.5 Å². The molecule has 1 aromatic rings. The number of hydrogen-bond acceptors (Lipinski definition) is 8. The Morgan fingerprint density at radius 3 is 2.02 bits per heavy atom. The predicted octanol–water partition coefficient (Wildman–Crippen LogP) is 6.46. The van der Waals surface area contributed by atoms with Crippen LogP contribution in [-0.2, 0) is 22.8 Å². The second-order valence-electron chi connectivity index (χ2n) is 9.34. The second kappa shape index (κ2) is 23.0. The zero-order valence-corrected chi connectivity index (χ0v) is 26.4. The molecule has 0 aromatic heterocycles. The number of ether oxygens (including phenoxy) is 3. The number of carbonyl (C=O) groups is 2. The third kappa shape index (κ3) is 17.1. The summed E-state index contributed by atoms with van der Waals surface area (Å²) in [7, 11) is -2.69. The van der Waals surface area contributed by atoms with Crippen molar-refractivity contribution in [2.75, 3.05) is 46.2 Å². The average molecular weight is 598 g/mol. The molecule has 0 fully saturated rings. The fourth-order valence-corrected chi connectivity index (χ4v) is 6.63. The Balaban J connectivity index is 2.29. The maximum Gasteiger partial charge on any atom is 0.500 e. The molecule has 234 valence electrons. The van der Waals surface area contributed by atoms with Crippen LogP contribution in [0.15, 0.2) is 24.3 Å². The minimum absolute atomic E-state index is 0.364. The first-order valence-electron chi connectivity index (χ1n) is 15.0. The summed E-state index contributed by atoms with van der Waals surface area (Å²) in [6.07, 6.45) is 9.53. The lowest BCUT2D eigenvalue weighted by Gasteiger charge is -2.28. The summed E-state index contributed by atoms with van der Waals surface area (Å²) in [6.45, 7) is 11.5. The Labute approximate surface area is 247 Å². The van der Waals surface area contributed by atoms with Crippen molar-refractivity contribution in [3.63, 3.8) is 0 Å². The summed E-state index contributed by atoms with van der Waals surface area (Å²) in [5.74, 6) is 0.274. The van der Waals surface area contributed by atoms with Crippen molar-refractivity contribution >= 4 is 26.9 Å². The van der Waals surface area contributed by atoms with Gasteiger partial charge < -0.3 is 37.9 Å². The molecule has 0 radical (unpaired) electrons. The lowest BCUT2D eigenvalue weighted by molar-refractivity contribution is -0.131. The van der Waals surface area contributed by atoms with E-state index in [1.165, 1.54) is 6.08 Å². The highest BCUT2D eigenvalue weighted by Crippen LogP contribution is 2.29. The Kier molecular flexibility index (Phi) is 20.4. The molecule has 0 heterocycles. The van der Waals surface area contributed by atoms with Crippen LogP contribution in [-0.4, -0.2) is 72.2 Å². The van der Waals surface area contributed by atoms with E-state index in [1.807, 2.05) is 32.9 Å². The van der Waals surface area contributed by atoms with Gasteiger partial charge in [0, 0.05) is 38.5 Å². The molecule has 0 atom stereocenters. The molecule has 0 unspecified atom stereocenters. The van der Waals surface area contributed by atoms with Gasteiger partial charge in [-0.3, -0.25) is 0 Å². The van der Waals surface area contributed by atoms with E-state index >= 15 is 0 Å². The Hall–Kier alpha value is -2.60. The van der Waals surface area contributed by atoms with Crippen LogP contribution in [0.2, 0.25) is 6.04 Å².